The Morgan fingerprint density at radius 1 is 0.402 bits per heavy atom. The summed E-state index contributed by atoms with van der Waals surface area (Å²) >= 11 is 0. The first-order chi connectivity index (χ1) is 48.0. The molecule has 24 N–H and O–H groups in total. The number of rotatable bonds is 45. The molecule has 0 fully saturated rings. The molecule has 0 saturated carbocycles. The Morgan fingerprint density at radius 3 is 1.26 bits per heavy atom. The lowest BCUT2D eigenvalue weighted by molar-refractivity contribution is -0.142. The number of amides is 14. The summed E-state index contributed by atoms with van der Waals surface area (Å²) in [4.78, 5) is 206. The number of hydrogen-bond acceptors (Lipinski definition) is 17. The summed E-state index contributed by atoms with van der Waals surface area (Å²) in [5.74, 6) is -16.4. The topological polar surface area (TPSA) is 577 Å². The first kappa shape index (κ1) is 85.2. The second-order valence-corrected chi connectivity index (χ2v) is 25.7. The van der Waals surface area contributed by atoms with Gasteiger partial charge in [-0.1, -0.05) is 133 Å². The highest BCUT2D eigenvalue weighted by Gasteiger charge is 2.37. The Kier molecular flexibility index (Phi) is 36.3. The Labute approximate surface area is 591 Å². The highest BCUT2D eigenvalue weighted by molar-refractivity contribution is 6.00. The van der Waals surface area contributed by atoms with Crippen LogP contribution in [0.3, 0.4) is 0 Å². The fourth-order valence-corrected chi connectivity index (χ4v) is 10.2. The van der Waals surface area contributed by atoms with Gasteiger partial charge < -0.3 is 98.0 Å². The van der Waals surface area contributed by atoms with E-state index in [1.807, 2.05) is 0 Å². The molecule has 0 spiro atoms. The zero-order valence-corrected chi connectivity index (χ0v) is 58.4. The van der Waals surface area contributed by atoms with Crippen LogP contribution in [0.5, 0.6) is 0 Å². The van der Waals surface area contributed by atoms with Crippen molar-refractivity contribution in [3.05, 3.63) is 108 Å². The average molecular weight is 1430 g/mol. The van der Waals surface area contributed by atoms with Crippen LogP contribution in [0, 0.1) is 17.8 Å². The van der Waals surface area contributed by atoms with E-state index >= 15 is 0 Å². The molecule has 34 nitrogen and oxygen atoms in total. The third kappa shape index (κ3) is 31.9. The fraction of sp³-hybridized carbons (Fsp3) is 0.500. The minimum atomic E-state index is -1.88. The number of carbonyl (C=O) groups excluding carboxylic acids is 14. The largest absolute Gasteiger partial charge is 0.480 e. The number of aliphatic imine (C=N–C) groups is 1. The highest BCUT2D eigenvalue weighted by atomic mass is 16.4. The molecule has 558 valence electrons. The molecular weight excluding hydrogens is 1320 g/mol. The van der Waals surface area contributed by atoms with Crippen LogP contribution >= 0.6 is 0 Å². The third-order valence-corrected chi connectivity index (χ3v) is 15.7. The van der Waals surface area contributed by atoms with Gasteiger partial charge in [0.05, 0.1) is 19.0 Å². The summed E-state index contributed by atoms with van der Waals surface area (Å²) in [5, 5.41) is 37.5. The lowest BCUT2D eigenvalue weighted by atomic mass is 9.99. The molecule has 34 heteroatoms. The minimum absolute atomic E-state index is 0.0389. The van der Waals surface area contributed by atoms with Gasteiger partial charge in [-0.3, -0.25) is 72.1 Å². The lowest BCUT2D eigenvalue weighted by Crippen LogP contribution is -2.61. The van der Waals surface area contributed by atoms with E-state index in [0.29, 0.717) is 11.1 Å². The number of carboxylic acid groups (broad SMARTS) is 1. The number of carbonyl (C=O) groups is 15. The second kappa shape index (κ2) is 43.5. The number of carboxylic acids is 1. The van der Waals surface area contributed by atoms with Crippen molar-refractivity contribution in [1.82, 2.24) is 58.5 Å². The van der Waals surface area contributed by atoms with Crippen molar-refractivity contribution in [2.24, 2.45) is 57.1 Å². The number of benzene rings is 3. The fourth-order valence-electron chi connectivity index (χ4n) is 10.2. The van der Waals surface area contributed by atoms with E-state index in [-0.39, 0.29) is 69.8 Å². The Hall–Kier alpha value is -11.1. The summed E-state index contributed by atoms with van der Waals surface area (Å²) in [6.07, 6.45) is -2.80. The zero-order valence-electron chi connectivity index (χ0n) is 58.4. The normalized spacial score (nSPS) is 14.3. The van der Waals surface area contributed by atoms with Gasteiger partial charge in [-0.2, -0.15) is 0 Å². The van der Waals surface area contributed by atoms with Crippen molar-refractivity contribution < 1.29 is 77.0 Å². The van der Waals surface area contributed by atoms with Crippen LogP contribution < -0.4 is 92.9 Å². The van der Waals surface area contributed by atoms with Crippen LogP contribution in [0.25, 0.3) is 0 Å². The summed E-state index contributed by atoms with van der Waals surface area (Å²) in [5.41, 5.74) is 35.4. The van der Waals surface area contributed by atoms with Crippen LogP contribution in [0.2, 0.25) is 0 Å². The molecule has 0 saturated heterocycles. The predicted molar refractivity (Wildman–Crippen MR) is 374 cm³/mol. The van der Waals surface area contributed by atoms with E-state index in [9.17, 15) is 77.0 Å². The number of nitrogens with zero attached hydrogens (tertiary/aromatic N) is 1. The minimum Gasteiger partial charge on any atom is -0.480 e. The predicted octanol–water partition coefficient (Wildman–Crippen LogP) is -4.07. The van der Waals surface area contributed by atoms with Crippen LogP contribution in [0.1, 0.15) is 117 Å². The zero-order chi connectivity index (χ0) is 76.3. The van der Waals surface area contributed by atoms with Crippen LogP contribution in [0.4, 0.5) is 0 Å². The number of nitrogens with two attached hydrogens (primary N) is 6. The van der Waals surface area contributed by atoms with Gasteiger partial charge >= 0.3 is 5.97 Å². The number of hydrogen-bond donors (Lipinski definition) is 18. The van der Waals surface area contributed by atoms with Crippen molar-refractivity contribution in [3.8, 4) is 0 Å². The standard InChI is InChI=1S/C68H100N18O16/c1-36(2)30-47(83-65(99)55(37(3)4)85-54(90)35-76-59(93)45(25-27-51(70)87)79-58(92)43(69)31-40-18-11-8-12-19-40)63(97)80-46(26-28-52(71)88)61(95)82-49(34-53(72)89)62(96)77-39(7)57(91)78-44(24-17-29-75-68(73)74)60(94)81-48(32-41-20-13-9-14-21-41)64(98)86-56(38(5)6)66(100)84-50(67(101)102)33-42-22-15-10-16-23-42/h8-16,18-23,36-39,43-50,55-56H,17,24-35,69H2,1-7H3,(H2,70,87)(H2,71,88)(H2,72,89)(H,76,93)(H,77,96)(H,78,91)(H,79,92)(H,80,97)(H,81,94)(H,82,95)(H,83,99)(H,84,100)(H,85,90)(H,86,98)(H,101,102)(H4,73,74,75)/t39-,43-,44-,45-,46-,47-,48-,49-,50-,55-,56-/m0/s1. The molecular formula is C68H100N18O16. The van der Waals surface area contributed by atoms with Crippen LogP contribution in [0.15, 0.2) is 96.0 Å². The molecule has 3 rings (SSSR count). The quantitative estimate of drug-likeness (QED) is 0.0145. The summed E-state index contributed by atoms with van der Waals surface area (Å²) in [6, 6.07) is 9.74. The first-order valence-corrected chi connectivity index (χ1v) is 33.4. The van der Waals surface area contributed by atoms with Gasteiger partial charge in [0.2, 0.25) is 82.7 Å². The molecule has 0 aliphatic rings. The molecule has 102 heavy (non-hydrogen) atoms. The molecule has 0 aliphatic carbocycles. The van der Waals surface area contributed by atoms with Crippen molar-refractivity contribution in [2.75, 3.05) is 13.1 Å². The van der Waals surface area contributed by atoms with Crippen molar-refractivity contribution >= 4 is 94.6 Å². The second-order valence-electron chi connectivity index (χ2n) is 25.7. The first-order valence-electron chi connectivity index (χ1n) is 33.4. The van der Waals surface area contributed by atoms with Crippen LogP contribution in [-0.2, 0) is 91.2 Å². The summed E-state index contributed by atoms with van der Waals surface area (Å²) in [7, 11) is 0. The van der Waals surface area contributed by atoms with Gasteiger partial charge in [0.25, 0.3) is 0 Å². The maximum absolute atomic E-state index is 14.4. The maximum atomic E-state index is 14.4. The van der Waals surface area contributed by atoms with Crippen molar-refractivity contribution in [2.45, 2.75) is 186 Å². The van der Waals surface area contributed by atoms with E-state index < -0.39 is 193 Å². The highest BCUT2D eigenvalue weighted by Crippen LogP contribution is 2.14. The number of nitrogens with one attached hydrogen (secondary N) is 11. The van der Waals surface area contributed by atoms with Crippen molar-refractivity contribution in [1.29, 1.82) is 0 Å². The van der Waals surface area contributed by atoms with E-state index in [0.717, 1.165) is 5.56 Å². The molecule has 0 radical (unpaired) electrons. The van der Waals surface area contributed by atoms with E-state index in [4.69, 9.17) is 34.4 Å². The SMILES string of the molecule is CC(C)C[C@H](NC(=O)[C@@H](NC(=O)CNC(=O)[C@H](CCC(N)=O)NC(=O)[C@@H](N)Cc1ccccc1)C(C)C)C(=O)N[C@@H](CCC(N)=O)C(=O)N[C@@H](CC(N)=O)C(=O)N[C@@H](C)C(=O)N[C@@H](CCCN=C(N)N)C(=O)N[C@@H](Cc1ccccc1)C(=O)N[C@H](C(=O)N[C@@H](Cc1ccccc1)C(=O)O)C(C)C. The van der Waals surface area contributed by atoms with E-state index in [1.54, 1.807) is 133 Å². The molecule has 0 unspecified atom stereocenters. The molecule has 0 aliphatic heterocycles. The van der Waals surface area contributed by atoms with E-state index in [1.165, 1.54) is 6.92 Å². The third-order valence-electron chi connectivity index (χ3n) is 15.7. The molecule has 3 aromatic carbocycles. The number of aliphatic carboxylic acids is 1. The summed E-state index contributed by atoms with van der Waals surface area (Å²) < 4.78 is 0. The van der Waals surface area contributed by atoms with Gasteiger partial charge in [-0.15, -0.1) is 0 Å². The molecule has 14 amide bonds. The van der Waals surface area contributed by atoms with Gasteiger partial charge in [-0.25, -0.2) is 4.79 Å². The van der Waals surface area contributed by atoms with Gasteiger partial charge in [0.1, 0.15) is 60.4 Å². The van der Waals surface area contributed by atoms with Gasteiger partial charge in [0, 0.05) is 32.2 Å². The summed E-state index contributed by atoms with van der Waals surface area (Å²) in [6.45, 7) is 10.2. The molecule has 3 aromatic rings. The maximum Gasteiger partial charge on any atom is 0.326 e. The monoisotopic (exact) mass is 1420 g/mol. The Bertz CT molecular complexity index is 3390. The molecule has 0 aromatic heterocycles. The number of guanidine groups is 1. The van der Waals surface area contributed by atoms with E-state index in [2.05, 4.69) is 63.5 Å². The molecule has 11 atom stereocenters. The van der Waals surface area contributed by atoms with Gasteiger partial charge in [0.15, 0.2) is 5.96 Å². The van der Waals surface area contributed by atoms with Crippen molar-refractivity contribution in [3.63, 3.8) is 0 Å². The molecule has 0 heterocycles. The lowest BCUT2D eigenvalue weighted by Gasteiger charge is -2.28. The molecule has 0 bridgehead atoms. The van der Waals surface area contributed by atoms with Crippen LogP contribution in [-0.4, -0.2) is 179 Å². The number of primary amides is 3. The smallest absolute Gasteiger partial charge is 0.326 e. The Morgan fingerprint density at radius 2 is 0.794 bits per heavy atom. The Balaban J connectivity index is 1.83. The van der Waals surface area contributed by atoms with Gasteiger partial charge in [-0.05, 0) is 79.9 Å². The average Bonchev–Trinajstić information content (AvgIpc) is 0.861.